The molecule has 0 unspecified atom stereocenters. The fraction of sp³-hybridized carbons (Fsp3) is 0.263. The van der Waals surface area contributed by atoms with E-state index in [2.05, 4.69) is 10.6 Å². The van der Waals surface area contributed by atoms with Gasteiger partial charge >= 0.3 is 0 Å². The topological polar surface area (TPSA) is 110 Å². The van der Waals surface area contributed by atoms with Crippen molar-refractivity contribution >= 4 is 34.6 Å². The number of nitrogen functional groups attached to an aromatic ring is 2. The standard InChI is InChI=1S/C19H24N4O2/c20-14-8-4-6-10-16(14)22-18(24)12-2-1-3-13-19(25)23-17-11-7-5-9-15(17)21/h4-11H,1-3,12-13,20-21H2,(H,22,24)(H,23,25). The summed E-state index contributed by atoms with van der Waals surface area (Å²) >= 11 is 0. The van der Waals surface area contributed by atoms with Gasteiger partial charge in [-0.25, -0.2) is 0 Å². The highest BCUT2D eigenvalue weighted by Gasteiger charge is 2.07. The van der Waals surface area contributed by atoms with E-state index in [0.29, 0.717) is 35.6 Å². The first kappa shape index (κ1) is 18.3. The largest absolute Gasteiger partial charge is 0.397 e. The third-order valence-electron chi connectivity index (χ3n) is 3.78. The van der Waals surface area contributed by atoms with Gasteiger partial charge in [0.05, 0.1) is 22.7 Å². The summed E-state index contributed by atoms with van der Waals surface area (Å²) in [7, 11) is 0. The Bertz CT molecular complexity index is 669. The van der Waals surface area contributed by atoms with Crippen LogP contribution in [0, 0.1) is 0 Å². The molecule has 0 atom stereocenters. The maximum atomic E-state index is 11.9. The van der Waals surface area contributed by atoms with Gasteiger partial charge in [0.2, 0.25) is 11.8 Å². The molecule has 132 valence electrons. The number of unbranched alkanes of at least 4 members (excludes halogenated alkanes) is 2. The molecule has 0 heterocycles. The highest BCUT2D eigenvalue weighted by atomic mass is 16.2. The lowest BCUT2D eigenvalue weighted by molar-refractivity contribution is -0.116. The van der Waals surface area contributed by atoms with E-state index in [0.717, 1.165) is 19.3 Å². The number of benzene rings is 2. The van der Waals surface area contributed by atoms with E-state index < -0.39 is 0 Å². The molecule has 0 bridgehead atoms. The molecule has 2 rings (SSSR count). The second-order valence-corrected chi connectivity index (χ2v) is 5.83. The Kier molecular flexibility index (Phi) is 6.83. The zero-order valence-corrected chi connectivity index (χ0v) is 14.1. The Labute approximate surface area is 147 Å². The molecule has 6 nitrogen and oxygen atoms in total. The molecule has 0 aliphatic rings. The van der Waals surface area contributed by atoms with Gasteiger partial charge in [-0.15, -0.1) is 0 Å². The summed E-state index contributed by atoms with van der Waals surface area (Å²) < 4.78 is 0. The van der Waals surface area contributed by atoms with Crippen LogP contribution in [0.15, 0.2) is 48.5 Å². The van der Waals surface area contributed by atoms with Crippen molar-refractivity contribution in [3.05, 3.63) is 48.5 Å². The zero-order valence-electron chi connectivity index (χ0n) is 14.1. The number of carbonyl (C=O) groups is 2. The van der Waals surface area contributed by atoms with Gasteiger partial charge in [-0.2, -0.15) is 0 Å². The second kappa shape index (κ2) is 9.32. The van der Waals surface area contributed by atoms with E-state index >= 15 is 0 Å². The van der Waals surface area contributed by atoms with E-state index in [1.807, 2.05) is 24.3 Å². The van der Waals surface area contributed by atoms with Gasteiger partial charge in [0.15, 0.2) is 0 Å². The van der Waals surface area contributed by atoms with Gasteiger partial charge in [0, 0.05) is 12.8 Å². The van der Waals surface area contributed by atoms with Crippen molar-refractivity contribution in [1.82, 2.24) is 0 Å². The van der Waals surface area contributed by atoms with E-state index in [1.165, 1.54) is 0 Å². The number of nitrogens with one attached hydrogen (secondary N) is 2. The molecule has 0 aromatic heterocycles. The normalized spacial score (nSPS) is 10.2. The smallest absolute Gasteiger partial charge is 0.224 e. The van der Waals surface area contributed by atoms with Gasteiger partial charge < -0.3 is 22.1 Å². The number of anilines is 4. The van der Waals surface area contributed by atoms with Gasteiger partial charge in [-0.3, -0.25) is 9.59 Å². The highest BCUT2D eigenvalue weighted by molar-refractivity contribution is 5.94. The molecule has 0 aliphatic heterocycles. The average molecular weight is 340 g/mol. The first-order valence-electron chi connectivity index (χ1n) is 8.35. The summed E-state index contributed by atoms with van der Waals surface area (Å²) in [5, 5.41) is 5.58. The number of amides is 2. The summed E-state index contributed by atoms with van der Waals surface area (Å²) in [6, 6.07) is 14.3. The van der Waals surface area contributed by atoms with Crippen LogP contribution in [0.2, 0.25) is 0 Å². The van der Waals surface area contributed by atoms with E-state index in [-0.39, 0.29) is 11.8 Å². The minimum Gasteiger partial charge on any atom is -0.397 e. The zero-order chi connectivity index (χ0) is 18.1. The Morgan fingerprint density at radius 2 is 1.08 bits per heavy atom. The molecule has 0 saturated carbocycles. The number of rotatable bonds is 8. The molecule has 2 aromatic carbocycles. The quantitative estimate of drug-likeness (QED) is 0.436. The first-order valence-corrected chi connectivity index (χ1v) is 8.35. The fourth-order valence-corrected chi connectivity index (χ4v) is 2.39. The van der Waals surface area contributed by atoms with Crippen molar-refractivity contribution < 1.29 is 9.59 Å². The maximum Gasteiger partial charge on any atom is 0.224 e. The van der Waals surface area contributed by atoms with Crippen molar-refractivity contribution in [3.63, 3.8) is 0 Å². The summed E-state index contributed by atoms with van der Waals surface area (Å²) in [5.74, 6) is -0.140. The molecular formula is C19H24N4O2. The number of hydrogen-bond acceptors (Lipinski definition) is 4. The lowest BCUT2D eigenvalue weighted by atomic mass is 10.1. The van der Waals surface area contributed by atoms with Gasteiger partial charge in [0.1, 0.15) is 0 Å². The minimum atomic E-state index is -0.0700. The van der Waals surface area contributed by atoms with Gasteiger partial charge in [-0.1, -0.05) is 30.7 Å². The van der Waals surface area contributed by atoms with Crippen LogP contribution in [0.4, 0.5) is 22.7 Å². The van der Waals surface area contributed by atoms with Crippen molar-refractivity contribution in [2.75, 3.05) is 22.1 Å². The summed E-state index contributed by atoms with van der Waals surface area (Å²) in [6.45, 7) is 0. The Morgan fingerprint density at radius 1 is 0.680 bits per heavy atom. The van der Waals surface area contributed by atoms with Crippen molar-refractivity contribution in [3.8, 4) is 0 Å². The third-order valence-corrected chi connectivity index (χ3v) is 3.78. The molecule has 2 aromatic rings. The first-order chi connectivity index (χ1) is 12.1. The molecule has 6 N–H and O–H groups in total. The number of hydrogen-bond donors (Lipinski definition) is 4. The molecule has 0 aliphatic carbocycles. The lowest BCUT2D eigenvalue weighted by Crippen LogP contribution is -2.13. The molecule has 2 amide bonds. The third kappa shape index (κ3) is 6.18. The van der Waals surface area contributed by atoms with E-state index in [1.54, 1.807) is 24.3 Å². The van der Waals surface area contributed by atoms with Crippen LogP contribution in [0.3, 0.4) is 0 Å². The number of nitrogens with two attached hydrogens (primary N) is 2. The van der Waals surface area contributed by atoms with Gasteiger partial charge in [-0.05, 0) is 37.1 Å². The lowest BCUT2D eigenvalue weighted by Gasteiger charge is -2.08. The Hall–Kier alpha value is -3.02. The van der Waals surface area contributed by atoms with Crippen LogP contribution in [-0.2, 0) is 9.59 Å². The summed E-state index contributed by atoms with van der Waals surface area (Å²) in [6.07, 6.45) is 3.05. The van der Waals surface area contributed by atoms with Crippen LogP contribution in [0.1, 0.15) is 32.1 Å². The number of carbonyl (C=O) groups excluding carboxylic acids is 2. The molecule has 0 radical (unpaired) electrons. The van der Waals surface area contributed by atoms with Crippen LogP contribution in [0.25, 0.3) is 0 Å². The monoisotopic (exact) mass is 340 g/mol. The van der Waals surface area contributed by atoms with Crippen LogP contribution >= 0.6 is 0 Å². The maximum absolute atomic E-state index is 11.9. The average Bonchev–Trinajstić information content (AvgIpc) is 2.59. The second-order valence-electron chi connectivity index (χ2n) is 5.83. The van der Waals surface area contributed by atoms with Crippen LogP contribution < -0.4 is 22.1 Å². The Balaban J connectivity index is 1.61. The molecule has 0 spiro atoms. The molecule has 6 heteroatoms. The minimum absolute atomic E-state index is 0.0700. The molecule has 25 heavy (non-hydrogen) atoms. The molecular weight excluding hydrogens is 316 g/mol. The predicted molar refractivity (Wildman–Crippen MR) is 102 cm³/mol. The van der Waals surface area contributed by atoms with E-state index in [4.69, 9.17) is 11.5 Å². The van der Waals surface area contributed by atoms with E-state index in [9.17, 15) is 9.59 Å². The highest BCUT2D eigenvalue weighted by Crippen LogP contribution is 2.18. The summed E-state index contributed by atoms with van der Waals surface area (Å²) in [4.78, 5) is 23.8. The van der Waals surface area contributed by atoms with Crippen LogP contribution in [-0.4, -0.2) is 11.8 Å². The molecule has 0 saturated heterocycles. The Morgan fingerprint density at radius 3 is 1.48 bits per heavy atom. The van der Waals surface area contributed by atoms with Crippen molar-refractivity contribution in [2.24, 2.45) is 0 Å². The summed E-state index contributed by atoms with van der Waals surface area (Å²) in [5.41, 5.74) is 13.9. The van der Waals surface area contributed by atoms with Crippen molar-refractivity contribution in [1.29, 1.82) is 0 Å². The van der Waals surface area contributed by atoms with Gasteiger partial charge in [0.25, 0.3) is 0 Å². The SMILES string of the molecule is Nc1ccccc1NC(=O)CCCCCC(=O)Nc1ccccc1N. The van der Waals surface area contributed by atoms with Crippen molar-refractivity contribution in [2.45, 2.75) is 32.1 Å². The molecule has 0 fully saturated rings. The predicted octanol–water partition coefficient (Wildman–Crippen LogP) is 3.38. The fourth-order valence-electron chi connectivity index (χ4n) is 2.39. The number of para-hydroxylation sites is 4. The van der Waals surface area contributed by atoms with Crippen LogP contribution in [0.5, 0.6) is 0 Å².